The van der Waals surface area contributed by atoms with Crippen molar-refractivity contribution in [3.05, 3.63) is 53.6 Å². The lowest BCUT2D eigenvalue weighted by atomic mass is 9.95. The van der Waals surface area contributed by atoms with E-state index in [1.54, 1.807) is 24.3 Å². The highest BCUT2D eigenvalue weighted by atomic mass is 35.5. The van der Waals surface area contributed by atoms with E-state index in [-0.39, 0.29) is 23.4 Å². The molecule has 0 aliphatic heterocycles. The van der Waals surface area contributed by atoms with Crippen LogP contribution in [0.3, 0.4) is 0 Å². The van der Waals surface area contributed by atoms with Gasteiger partial charge in [0.05, 0.1) is 17.2 Å². The Kier molecular flexibility index (Phi) is 6.44. The van der Waals surface area contributed by atoms with Gasteiger partial charge in [0.25, 0.3) is 10.0 Å². The van der Waals surface area contributed by atoms with E-state index < -0.39 is 10.0 Å². The highest BCUT2D eigenvalue weighted by molar-refractivity contribution is 7.92. The average Bonchev–Trinajstić information content (AvgIpc) is 3.36. The zero-order valence-electron chi connectivity index (χ0n) is 17.5. The van der Waals surface area contributed by atoms with Gasteiger partial charge in [0.2, 0.25) is 5.91 Å². The lowest BCUT2D eigenvalue weighted by molar-refractivity contribution is -0.120. The summed E-state index contributed by atoms with van der Waals surface area (Å²) in [5, 5.41) is 3.53. The van der Waals surface area contributed by atoms with Gasteiger partial charge < -0.3 is 10.1 Å². The molecule has 1 N–H and O–H groups in total. The number of anilines is 1. The number of carbonyl (C=O) groups is 1. The van der Waals surface area contributed by atoms with Gasteiger partial charge in [0, 0.05) is 11.1 Å². The number of nitrogens with one attached hydrogen (secondary N) is 1. The Morgan fingerprint density at radius 1 is 1.10 bits per heavy atom. The summed E-state index contributed by atoms with van der Waals surface area (Å²) in [6.45, 7) is 2.11. The van der Waals surface area contributed by atoms with Crippen LogP contribution in [0.4, 0.5) is 5.69 Å². The molecule has 166 valence electrons. The topological polar surface area (TPSA) is 75.7 Å². The molecular weight excluding hydrogens is 436 g/mol. The van der Waals surface area contributed by atoms with E-state index in [0.717, 1.165) is 23.6 Å². The molecule has 2 aliphatic rings. The minimum absolute atomic E-state index is 0.0820. The number of hydrogen-bond donors (Lipinski definition) is 1. The van der Waals surface area contributed by atoms with Gasteiger partial charge in [0.15, 0.2) is 0 Å². The number of hydrogen-bond acceptors (Lipinski definition) is 4. The highest BCUT2D eigenvalue weighted by Crippen LogP contribution is 2.44. The van der Waals surface area contributed by atoms with E-state index in [9.17, 15) is 13.2 Å². The summed E-state index contributed by atoms with van der Waals surface area (Å²) in [5.41, 5.74) is 0.404. The van der Waals surface area contributed by atoms with Crippen LogP contribution in [-0.4, -0.2) is 33.5 Å². The third-order valence-electron chi connectivity index (χ3n) is 6.21. The second-order valence-corrected chi connectivity index (χ2v) is 10.5. The van der Waals surface area contributed by atoms with Crippen LogP contribution in [0.2, 0.25) is 5.02 Å². The molecule has 2 fully saturated rings. The van der Waals surface area contributed by atoms with Gasteiger partial charge >= 0.3 is 0 Å². The Bertz CT molecular complexity index is 1020. The number of fused-ring (bicyclic) bond motifs is 2. The lowest BCUT2D eigenvalue weighted by Crippen LogP contribution is -2.45. The maximum absolute atomic E-state index is 13.4. The number of amides is 1. The van der Waals surface area contributed by atoms with Gasteiger partial charge in [-0.15, -0.1) is 0 Å². The van der Waals surface area contributed by atoms with Gasteiger partial charge in [-0.25, -0.2) is 8.42 Å². The van der Waals surface area contributed by atoms with Crippen molar-refractivity contribution < 1.29 is 17.9 Å². The number of carbonyl (C=O) groups excluding carboxylic acids is 1. The molecule has 4 rings (SSSR count). The second-order valence-electron chi connectivity index (χ2n) is 8.24. The molecule has 0 heterocycles. The van der Waals surface area contributed by atoms with E-state index >= 15 is 0 Å². The fourth-order valence-electron chi connectivity index (χ4n) is 4.73. The molecule has 2 bridgehead atoms. The minimum Gasteiger partial charge on any atom is -0.494 e. The molecule has 0 saturated heterocycles. The van der Waals surface area contributed by atoms with E-state index in [2.05, 4.69) is 5.32 Å². The van der Waals surface area contributed by atoms with Crippen molar-refractivity contribution in [3.8, 4) is 5.75 Å². The van der Waals surface area contributed by atoms with Crippen LogP contribution >= 0.6 is 11.6 Å². The van der Waals surface area contributed by atoms with Crippen molar-refractivity contribution in [2.24, 2.45) is 11.8 Å². The zero-order chi connectivity index (χ0) is 22.0. The minimum atomic E-state index is -3.96. The Morgan fingerprint density at radius 2 is 1.81 bits per heavy atom. The number of nitrogens with zero attached hydrogens (tertiary/aromatic N) is 1. The van der Waals surface area contributed by atoms with E-state index in [1.165, 1.54) is 30.7 Å². The Balaban J connectivity index is 1.58. The molecule has 2 aromatic rings. The normalized spacial score (nSPS) is 22.3. The third kappa shape index (κ3) is 4.83. The predicted molar refractivity (Wildman–Crippen MR) is 121 cm³/mol. The van der Waals surface area contributed by atoms with Crippen LogP contribution < -0.4 is 14.4 Å². The van der Waals surface area contributed by atoms with Gasteiger partial charge in [0.1, 0.15) is 12.3 Å². The molecule has 3 atom stereocenters. The average molecular weight is 463 g/mol. The molecule has 31 heavy (non-hydrogen) atoms. The van der Waals surface area contributed by atoms with Crippen LogP contribution in [0.1, 0.15) is 32.6 Å². The monoisotopic (exact) mass is 462 g/mol. The van der Waals surface area contributed by atoms with Crippen LogP contribution in [0.15, 0.2) is 53.4 Å². The van der Waals surface area contributed by atoms with Crippen LogP contribution in [0.5, 0.6) is 5.75 Å². The Labute approximate surface area is 188 Å². The van der Waals surface area contributed by atoms with Crippen LogP contribution in [0.25, 0.3) is 0 Å². The largest absolute Gasteiger partial charge is 0.494 e. The quantitative estimate of drug-likeness (QED) is 0.636. The van der Waals surface area contributed by atoms with E-state index in [0.29, 0.717) is 34.9 Å². The fourth-order valence-corrected chi connectivity index (χ4v) is 6.28. The van der Waals surface area contributed by atoms with E-state index in [4.69, 9.17) is 16.3 Å². The van der Waals surface area contributed by atoms with Crippen molar-refractivity contribution in [1.29, 1.82) is 0 Å². The first-order valence-electron chi connectivity index (χ1n) is 10.7. The maximum Gasteiger partial charge on any atom is 0.264 e. The smallest absolute Gasteiger partial charge is 0.264 e. The van der Waals surface area contributed by atoms with Crippen molar-refractivity contribution in [1.82, 2.24) is 5.32 Å². The molecule has 2 aromatic carbocycles. The Hall–Kier alpha value is -2.25. The highest BCUT2D eigenvalue weighted by Gasteiger charge is 2.40. The van der Waals surface area contributed by atoms with Gasteiger partial charge in [-0.05, 0) is 86.6 Å². The number of halogens is 1. The van der Waals surface area contributed by atoms with Crippen molar-refractivity contribution in [2.75, 3.05) is 17.5 Å². The summed E-state index contributed by atoms with van der Waals surface area (Å²) >= 11 is 5.93. The zero-order valence-corrected chi connectivity index (χ0v) is 19.0. The molecule has 0 spiro atoms. The number of sulfonamides is 1. The molecule has 1 amide bonds. The summed E-state index contributed by atoms with van der Waals surface area (Å²) in [5.74, 6) is 1.56. The van der Waals surface area contributed by atoms with Crippen molar-refractivity contribution in [3.63, 3.8) is 0 Å². The third-order valence-corrected chi connectivity index (χ3v) is 8.25. The van der Waals surface area contributed by atoms with Crippen molar-refractivity contribution >= 4 is 33.2 Å². The summed E-state index contributed by atoms with van der Waals surface area (Å²) in [4.78, 5) is 13.0. The SMILES string of the molecule is CCOc1ccc(N(CC(=O)N[C@@H]2C[C@H]3CC[C@@H]2C3)S(=O)(=O)c2ccc(Cl)cc2)cc1. The van der Waals surface area contributed by atoms with Gasteiger partial charge in [-0.1, -0.05) is 18.0 Å². The molecule has 6 nitrogen and oxygen atoms in total. The molecule has 0 radical (unpaired) electrons. The van der Waals surface area contributed by atoms with Crippen molar-refractivity contribution in [2.45, 2.75) is 43.5 Å². The molecule has 0 unspecified atom stereocenters. The van der Waals surface area contributed by atoms with E-state index in [1.807, 2.05) is 6.92 Å². The first-order chi connectivity index (χ1) is 14.9. The number of ether oxygens (including phenoxy) is 1. The molecular formula is C23H27ClN2O4S. The van der Waals surface area contributed by atoms with Crippen LogP contribution in [-0.2, 0) is 14.8 Å². The second kappa shape index (κ2) is 9.09. The summed E-state index contributed by atoms with van der Waals surface area (Å²) in [7, 11) is -3.96. The molecule has 2 saturated carbocycles. The summed E-state index contributed by atoms with van der Waals surface area (Å²) in [6.07, 6.45) is 4.53. The number of rotatable bonds is 8. The fraction of sp³-hybridized carbons (Fsp3) is 0.435. The first kappa shape index (κ1) is 22.0. The first-order valence-corrected chi connectivity index (χ1v) is 12.5. The van der Waals surface area contributed by atoms with Gasteiger partial charge in [-0.3, -0.25) is 9.10 Å². The number of benzene rings is 2. The molecule has 0 aromatic heterocycles. The lowest BCUT2D eigenvalue weighted by Gasteiger charge is -2.27. The summed E-state index contributed by atoms with van der Waals surface area (Å²) < 4.78 is 33.5. The molecule has 2 aliphatic carbocycles. The van der Waals surface area contributed by atoms with Gasteiger partial charge in [-0.2, -0.15) is 0 Å². The Morgan fingerprint density at radius 3 is 2.39 bits per heavy atom. The predicted octanol–water partition coefficient (Wildman–Crippen LogP) is 4.24. The summed E-state index contributed by atoms with van der Waals surface area (Å²) in [6, 6.07) is 12.8. The molecule has 8 heteroatoms. The van der Waals surface area contributed by atoms with Crippen LogP contribution in [0, 0.1) is 11.8 Å². The standard InChI is InChI=1S/C23H27ClN2O4S/c1-2-30-20-9-7-19(8-10-20)26(31(28,29)21-11-5-18(24)6-12-21)15-23(27)25-22-14-16-3-4-17(22)13-16/h5-12,16-17,22H,2-4,13-15H2,1H3,(H,25,27)/t16-,17+,22+/m0/s1. The maximum atomic E-state index is 13.4.